The maximum atomic E-state index is 12.4. The van der Waals surface area contributed by atoms with Gasteiger partial charge in [-0.25, -0.2) is 4.79 Å². The van der Waals surface area contributed by atoms with Gasteiger partial charge in [0.2, 0.25) is 0 Å². The highest BCUT2D eigenvalue weighted by Gasteiger charge is 2.15. The van der Waals surface area contributed by atoms with Crippen molar-refractivity contribution in [3.63, 3.8) is 0 Å². The SMILES string of the molecule is Cc1c(CCC(=O)[O-])c(=O)oc2c(C)c(OCc3ccc4ccccc4c3)ccc12. The highest BCUT2D eigenvalue weighted by Crippen LogP contribution is 2.30. The molecular formula is C25H21O5-. The van der Waals surface area contributed by atoms with E-state index in [9.17, 15) is 14.7 Å². The Bertz CT molecular complexity index is 1320. The van der Waals surface area contributed by atoms with Crippen molar-refractivity contribution in [3.8, 4) is 5.75 Å². The topological polar surface area (TPSA) is 79.6 Å². The summed E-state index contributed by atoms with van der Waals surface area (Å²) in [4.78, 5) is 23.2. The maximum Gasteiger partial charge on any atom is 0.339 e. The highest BCUT2D eigenvalue weighted by atomic mass is 16.5. The molecule has 152 valence electrons. The van der Waals surface area contributed by atoms with Crippen LogP contribution in [0.5, 0.6) is 5.75 Å². The normalized spacial score (nSPS) is 11.1. The molecule has 0 bridgehead atoms. The van der Waals surface area contributed by atoms with Gasteiger partial charge in [-0.15, -0.1) is 0 Å². The molecule has 0 aliphatic carbocycles. The van der Waals surface area contributed by atoms with Gasteiger partial charge in [0.25, 0.3) is 0 Å². The molecule has 0 N–H and O–H groups in total. The van der Waals surface area contributed by atoms with Gasteiger partial charge in [-0.1, -0.05) is 36.4 Å². The van der Waals surface area contributed by atoms with E-state index in [0.717, 1.165) is 27.5 Å². The van der Waals surface area contributed by atoms with E-state index in [0.29, 0.717) is 23.5 Å². The number of benzene rings is 3. The molecule has 0 fully saturated rings. The number of carboxylic acid groups (broad SMARTS) is 1. The number of carbonyl (C=O) groups is 1. The van der Waals surface area contributed by atoms with Crippen molar-refractivity contribution < 1.29 is 19.1 Å². The first-order valence-electron chi connectivity index (χ1n) is 9.80. The summed E-state index contributed by atoms with van der Waals surface area (Å²) < 4.78 is 11.6. The third-order valence-electron chi connectivity index (χ3n) is 5.44. The fraction of sp³-hybridized carbons (Fsp3) is 0.200. The second kappa shape index (κ2) is 8.03. The zero-order valence-corrected chi connectivity index (χ0v) is 16.9. The number of fused-ring (bicyclic) bond motifs is 2. The average Bonchev–Trinajstić information content (AvgIpc) is 2.73. The van der Waals surface area contributed by atoms with E-state index in [1.807, 2.05) is 37.3 Å². The van der Waals surface area contributed by atoms with E-state index in [2.05, 4.69) is 24.3 Å². The summed E-state index contributed by atoms with van der Waals surface area (Å²) in [6.45, 7) is 4.05. The molecule has 1 heterocycles. The Labute approximate surface area is 173 Å². The van der Waals surface area contributed by atoms with Crippen molar-refractivity contribution in [1.29, 1.82) is 0 Å². The molecule has 0 saturated heterocycles. The Morgan fingerprint density at radius 3 is 2.53 bits per heavy atom. The fourth-order valence-electron chi connectivity index (χ4n) is 3.73. The molecule has 4 aromatic rings. The molecule has 0 saturated carbocycles. The fourth-order valence-corrected chi connectivity index (χ4v) is 3.73. The Hall–Kier alpha value is -3.60. The van der Waals surface area contributed by atoms with Crippen LogP contribution in [0, 0.1) is 13.8 Å². The molecule has 5 heteroatoms. The number of hydrogen-bond donors (Lipinski definition) is 0. The van der Waals surface area contributed by atoms with Crippen molar-refractivity contribution in [2.24, 2.45) is 0 Å². The van der Waals surface area contributed by atoms with Gasteiger partial charge in [-0.2, -0.15) is 0 Å². The van der Waals surface area contributed by atoms with Gasteiger partial charge >= 0.3 is 5.63 Å². The first-order valence-corrected chi connectivity index (χ1v) is 9.80. The predicted octanol–water partition coefficient (Wildman–Crippen LogP) is 3.82. The average molecular weight is 401 g/mol. The summed E-state index contributed by atoms with van der Waals surface area (Å²) >= 11 is 0. The lowest BCUT2D eigenvalue weighted by molar-refractivity contribution is -0.305. The zero-order chi connectivity index (χ0) is 21.3. The third-order valence-corrected chi connectivity index (χ3v) is 5.44. The molecule has 0 aliphatic heterocycles. The van der Waals surface area contributed by atoms with Crippen LogP contribution in [0.4, 0.5) is 0 Å². The van der Waals surface area contributed by atoms with Crippen molar-refractivity contribution in [2.75, 3.05) is 0 Å². The van der Waals surface area contributed by atoms with Crippen molar-refractivity contribution in [1.82, 2.24) is 0 Å². The molecule has 0 aliphatic rings. The van der Waals surface area contributed by atoms with E-state index in [-0.39, 0.29) is 12.8 Å². The number of hydrogen-bond acceptors (Lipinski definition) is 5. The van der Waals surface area contributed by atoms with Gasteiger partial charge < -0.3 is 19.1 Å². The van der Waals surface area contributed by atoms with Crippen LogP contribution in [-0.2, 0) is 17.8 Å². The van der Waals surface area contributed by atoms with Gasteiger partial charge in [0.15, 0.2) is 0 Å². The lowest BCUT2D eigenvalue weighted by atomic mass is 10.0. The molecule has 0 amide bonds. The maximum absolute atomic E-state index is 12.4. The summed E-state index contributed by atoms with van der Waals surface area (Å²) in [7, 11) is 0. The summed E-state index contributed by atoms with van der Waals surface area (Å²) in [5, 5.41) is 13.9. The number of rotatable bonds is 6. The van der Waals surface area contributed by atoms with E-state index in [1.165, 1.54) is 5.39 Å². The van der Waals surface area contributed by atoms with Crippen molar-refractivity contribution in [3.05, 3.63) is 87.3 Å². The van der Waals surface area contributed by atoms with Gasteiger partial charge in [0.1, 0.15) is 17.9 Å². The van der Waals surface area contributed by atoms with E-state index in [4.69, 9.17) is 9.15 Å². The van der Waals surface area contributed by atoms with Crippen LogP contribution < -0.4 is 15.5 Å². The molecule has 1 aromatic heterocycles. The van der Waals surface area contributed by atoms with E-state index in [1.54, 1.807) is 6.92 Å². The monoisotopic (exact) mass is 401 g/mol. The smallest absolute Gasteiger partial charge is 0.339 e. The molecule has 3 aromatic carbocycles. The molecule has 0 spiro atoms. The Morgan fingerprint density at radius 1 is 1.00 bits per heavy atom. The lowest BCUT2D eigenvalue weighted by Gasteiger charge is -2.14. The summed E-state index contributed by atoms with van der Waals surface area (Å²) in [5.74, 6) is -0.553. The van der Waals surface area contributed by atoms with Crippen LogP contribution in [0.1, 0.15) is 28.7 Å². The zero-order valence-electron chi connectivity index (χ0n) is 16.9. The van der Waals surface area contributed by atoms with Crippen LogP contribution in [0.25, 0.3) is 21.7 Å². The van der Waals surface area contributed by atoms with E-state index < -0.39 is 11.6 Å². The number of ether oxygens (including phenoxy) is 1. The number of carboxylic acids is 1. The lowest BCUT2D eigenvalue weighted by Crippen LogP contribution is -2.24. The summed E-state index contributed by atoms with van der Waals surface area (Å²) in [6, 6.07) is 18.0. The molecule has 0 atom stereocenters. The molecule has 4 rings (SSSR count). The van der Waals surface area contributed by atoms with Gasteiger partial charge in [-0.3, -0.25) is 0 Å². The van der Waals surface area contributed by atoms with Crippen LogP contribution in [-0.4, -0.2) is 5.97 Å². The first kappa shape index (κ1) is 19.7. The van der Waals surface area contributed by atoms with Gasteiger partial charge in [-0.05, 0) is 66.8 Å². The van der Waals surface area contributed by atoms with Gasteiger partial charge in [0.05, 0.1) is 0 Å². The highest BCUT2D eigenvalue weighted by molar-refractivity contribution is 5.86. The molecule has 0 radical (unpaired) electrons. The molecular weight excluding hydrogens is 380 g/mol. The second-order valence-electron chi connectivity index (χ2n) is 7.40. The Kier molecular flexibility index (Phi) is 5.27. The van der Waals surface area contributed by atoms with Crippen LogP contribution in [0.2, 0.25) is 0 Å². The minimum absolute atomic E-state index is 0.0890. The van der Waals surface area contributed by atoms with Gasteiger partial charge in [0, 0.05) is 22.5 Å². The van der Waals surface area contributed by atoms with Crippen molar-refractivity contribution >= 4 is 27.7 Å². The largest absolute Gasteiger partial charge is 0.550 e. The van der Waals surface area contributed by atoms with Crippen LogP contribution >= 0.6 is 0 Å². The minimum Gasteiger partial charge on any atom is -0.550 e. The Balaban J connectivity index is 1.63. The number of carbonyl (C=O) groups excluding carboxylic acids is 1. The number of aliphatic carboxylic acids is 1. The first-order chi connectivity index (χ1) is 14.4. The quantitative estimate of drug-likeness (QED) is 0.459. The molecule has 30 heavy (non-hydrogen) atoms. The molecule has 0 unspecified atom stereocenters. The minimum atomic E-state index is -1.19. The standard InChI is InChI=1S/C25H22O5/c1-15-20-9-11-22(16(2)24(20)30-25(28)21(15)10-12-23(26)27)29-14-17-7-8-18-5-3-4-6-19(18)13-17/h3-9,11,13H,10,12,14H2,1-2H3,(H,26,27)/p-1. The summed E-state index contributed by atoms with van der Waals surface area (Å²) in [5.41, 5.74) is 2.83. The van der Waals surface area contributed by atoms with E-state index >= 15 is 0 Å². The molecule has 5 nitrogen and oxygen atoms in total. The predicted molar refractivity (Wildman–Crippen MR) is 114 cm³/mol. The Morgan fingerprint density at radius 2 is 1.77 bits per heavy atom. The number of aryl methyl sites for hydroxylation is 2. The third kappa shape index (κ3) is 3.79. The van der Waals surface area contributed by atoms with Crippen molar-refractivity contribution in [2.45, 2.75) is 33.3 Å². The van der Waals surface area contributed by atoms with Crippen LogP contribution in [0.15, 0.2) is 63.8 Å². The second-order valence-corrected chi connectivity index (χ2v) is 7.40. The summed E-state index contributed by atoms with van der Waals surface area (Å²) in [6.07, 6.45) is -0.130. The van der Waals surface area contributed by atoms with Crippen LogP contribution in [0.3, 0.4) is 0 Å².